The van der Waals surface area contributed by atoms with Crippen LogP contribution in [0.15, 0.2) is 58.0 Å². The molecule has 2 aliphatic heterocycles. The van der Waals surface area contributed by atoms with Gasteiger partial charge in [0, 0.05) is 27.3 Å². The lowest BCUT2D eigenvalue weighted by Crippen LogP contribution is -2.45. The van der Waals surface area contributed by atoms with Gasteiger partial charge in [0.25, 0.3) is 12.3 Å². The van der Waals surface area contributed by atoms with Crippen LogP contribution in [0.2, 0.25) is 0 Å². The number of ether oxygens (including phenoxy) is 1. The van der Waals surface area contributed by atoms with E-state index in [1.807, 2.05) is 0 Å². The Morgan fingerprint density at radius 1 is 1.28 bits per heavy atom. The van der Waals surface area contributed by atoms with Crippen LogP contribution >= 0.6 is 27.7 Å². The van der Waals surface area contributed by atoms with Crippen molar-refractivity contribution in [2.45, 2.75) is 18.1 Å². The standard InChI is InChI=1S/C20H16BrF3N2O2S/c21-12-6-7-15(22)13(8-12)20-10-28-16(17(23)24)14(20)9-29-19(26-20)25-18(27)11-4-2-1-3-5-11/h1-8,14,16-17H,9-10H2,(H,25,26,27)/t14-,16+,20-/m0/s1. The quantitative estimate of drug-likeness (QED) is 0.692. The number of amidine groups is 1. The van der Waals surface area contributed by atoms with Crippen LogP contribution in [-0.4, -0.2) is 36.0 Å². The van der Waals surface area contributed by atoms with Crippen LogP contribution in [0.4, 0.5) is 13.2 Å². The van der Waals surface area contributed by atoms with Gasteiger partial charge >= 0.3 is 0 Å². The first-order valence-electron chi connectivity index (χ1n) is 8.85. The molecule has 0 aromatic heterocycles. The van der Waals surface area contributed by atoms with Crippen LogP contribution in [0.1, 0.15) is 15.9 Å². The molecule has 1 N–H and O–H groups in total. The number of alkyl halides is 2. The normalized spacial score (nSPS) is 26.2. The summed E-state index contributed by atoms with van der Waals surface area (Å²) >= 11 is 4.47. The minimum absolute atomic E-state index is 0.173. The third-order valence-electron chi connectivity index (χ3n) is 5.11. The van der Waals surface area contributed by atoms with Crippen molar-refractivity contribution < 1.29 is 22.7 Å². The molecule has 0 spiro atoms. The Bertz CT molecular complexity index is 960. The topological polar surface area (TPSA) is 50.7 Å². The lowest BCUT2D eigenvalue weighted by molar-refractivity contribution is -0.0359. The third-order valence-corrected chi connectivity index (χ3v) is 6.59. The second-order valence-corrected chi connectivity index (χ2v) is 8.74. The van der Waals surface area contributed by atoms with Gasteiger partial charge in [-0.2, -0.15) is 0 Å². The number of carbonyl (C=O) groups is 1. The van der Waals surface area contributed by atoms with Gasteiger partial charge in [-0.1, -0.05) is 45.9 Å². The average molecular weight is 485 g/mol. The van der Waals surface area contributed by atoms with Crippen molar-refractivity contribution in [3.8, 4) is 0 Å². The summed E-state index contributed by atoms with van der Waals surface area (Å²) in [6.07, 6.45) is -4.07. The Labute approximate surface area is 178 Å². The SMILES string of the molecule is O=C(NC1=N[C@]2(c3cc(Br)ccc3F)CO[C@@H](C(F)F)[C@@H]2CS1)c1ccccc1. The highest BCUT2D eigenvalue weighted by Gasteiger charge is 2.56. The minimum atomic E-state index is -2.71. The van der Waals surface area contributed by atoms with E-state index in [2.05, 4.69) is 26.2 Å². The molecule has 1 fully saturated rings. The Kier molecular flexibility index (Phi) is 5.72. The second-order valence-electron chi connectivity index (χ2n) is 6.81. The number of halogens is 4. The first kappa shape index (κ1) is 20.4. The number of benzene rings is 2. The number of nitrogens with one attached hydrogen (secondary N) is 1. The van der Waals surface area contributed by atoms with E-state index in [9.17, 15) is 18.0 Å². The molecule has 2 aromatic carbocycles. The number of hydrogen-bond acceptors (Lipinski definition) is 4. The highest BCUT2D eigenvalue weighted by Crippen LogP contribution is 2.49. The minimum Gasteiger partial charge on any atom is -0.369 e. The van der Waals surface area contributed by atoms with Gasteiger partial charge in [0.1, 0.15) is 17.5 Å². The van der Waals surface area contributed by atoms with Crippen molar-refractivity contribution >= 4 is 38.8 Å². The maximum absolute atomic E-state index is 14.7. The van der Waals surface area contributed by atoms with E-state index in [4.69, 9.17) is 4.74 Å². The molecule has 4 rings (SSSR count). The van der Waals surface area contributed by atoms with Gasteiger partial charge < -0.3 is 10.1 Å². The lowest BCUT2D eigenvalue weighted by Gasteiger charge is -2.36. The molecular formula is C20H16BrF3N2O2S. The van der Waals surface area contributed by atoms with Gasteiger partial charge in [0.2, 0.25) is 0 Å². The molecular weight excluding hydrogens is 469 g/mol. The third kappa shape index (κ3) is 3.83. The van der Waals surface area contributed by atoms with E-state index in [1.54, 1.807) is 30.3 Å². The molecule has 0 saturated carbocycles. The van der Waals surface area contributed by atoms with Gasteiger partial charge in [-0.25, -0.2) is 18.2 Å². The van der Waals surface area contributed by atoms with Crippen molar-refractivity contribution in [3.05, 3.63) is 69.9 Å². The highest BCUT2D eigenvalue weighted by atomic mass is 79.9. The fraction of sp³-hybridized carbons (Fsp3) is 0.300. The summed E-state index contributed by atoms with van der Waals surface area (Å²) in [5.74, 6) is -1.44. The van der Waals surface area contributed by atoms with Crippen molar-refractivity contribution in [1.29, 1.82) is 0 Å². The van der Waals surface area contributed by atoms with Gasteiger partial charge in [0.05, 0.1) is 6.61 Å². The molecule has 9 heteroatoms. The van der Waals surface area contributed by atoms with E-state index in [0.717, 1.165) is 11.8 Å². The van der Waals surface area contributed by atoms with Crippen LogP contribution in [0.3, 0.4) is 0 Å². The van der Waals surface area contributed by atoms with Crippen LogP contribution in [0, 0.1) is 11.7 Å². The largest absolute Gasteiger partial charge is 0.369 e. The summed E-state index contributed by atoms with van der Waals surface area (Å²) in [5, 5.41) is 2.97. The van der Waals surface area contributed by atoms with Crippen molar-refractivity contribution in [1.82, 2.24) is 5.32 Å². The van der Waals surface area contributed by atoms with Crippen molar-refractivity contribution in [2.24, 2.45) is 10.9 Å². The van der Waals surface area contributed by atoms with E-state index >= 15 is 0 Å². The van der Waals surface area contributed by atoms with E-state index in [1.165, 1.54) is 18.2 Å². The van der Waals surface area contributed by atoms with Gasteiger partial charge in [0.15, 0.2) is 5.17 Å². The van der Waals surface area contributed by atoms with Crippen LogP contribution < -0.4 is 5.32 Å². The zero-order chi connectivity index (χ0) is 20.6. The van der Waals surface area contributed by atoms with E-state index in [-0.39, 0.29) is 29.0 Å². The summed E-state index contributed by atoms with van der Waals surface area (Å²) in [6.45, 7) is -0.189. The molecule has 3 atom stereocenters. The van der Waals surface area contributed by atoms with Crippen LogP contribution in [0.25, 0.3) is 0 Å². The molecule has 0 unspecified atom stereocenters. The number of hydrogen-bond donors (Lipinski definition) is 1. The molecule has 29 heavy (non-hydrogen) atoms. The molecule has 1 saturated heterocycles. The van der Waals surface area contributed by atoms with Gasteiger partial charge in [-0.15, -0.1) is 0 Å². The van der Waals surface area contributed by atoms with E-state index < -0.39 is 29.8 Å². The monoisotopic (exact) mass is 484 g/mol. The zero-order valence-corrected chi connectivity index (χ0v) is 17.4. The Morgan fingerprint density at radius 2 is 2.03 bits per heavy atom. The maximum atomic E-state index is 14.7. The first-order valence-corrected chi connectivity index (χ1v) is 10.6. The number of amides is 1. The lowest BCUT2D eigenvalue weighted by atomic mass is 9.79. The summed E-state index contributed by atoms with van der Waals surface area (Å²) < 4.78 is 47.8. The fourth-order valence-corrected chi connectivity index (χ4v) is 5.24. The molecule has 2 aliphatic rings. The molecule has 4 nitrogen and oxygen atoms in total. The van der Waals surface area contributed by atoms with Gasteiger partial charge in [-0.3, -0.25) is 4.79 Å². The molecule has 2 aromatic rings. The number of fused-ring (bicyclic) bond motifs is 1. The van der Waals surface area contributed by atoms with E-state index in [0.29, 0.717) is 10.0 Å². The number of rotatable bonds is 3. The fourth-order valence-electron chi connectivity index (χ4n) is 3.69. The number of aliphatic imine (C=N–C) groups is 1. The van der Waals surface area contributed by atoms with Crippen LogP contribution in [-0.2, 0) is 10.3 Å². The second kappa shape index (κ2) is 8.12. The first-order chi connectivity index (χ1) is 13.9. The molecule has 0 radical (unpaired) electrons. The molecule has 0 bridgehead atoms. The smallest absolute Gasteiger partial charge is 0.264 e. The Morgan fingerprint density at radius 3 is 2.76 bits per heavy atom. The maximum Gasteiger partial charge on any atom is 0.264 e. The molecule has 152 valence electrons. The Hall–Kier alpha value is -1.84. The predicted octanol–water partition coefficient (Wildman–Crippen LogP) is 4.60. The number of thioether (sulfide) groups is 1. The predicted molar refractivity (Wildman–Crippen MR) is 109 cm³/mol. The van der Waals surface area contributed by atoms with Gasteiger partial charge in [-0.05, 0) is 30.3 Å². The number of nitrogens with zero attached hydrogens (tertiary/aromatic N) is 1. The highest BCUT2D eigenvalue weighted by molar-refractivity contribution is 9.10. The summed E-state index contributed by atoms with van der Waals surface area (Å²) in [4.78, 5) is 17.1. The Balaban J connectivity index is 1.74. The number of carbonyl (C=O) groups excluding carboxylic acids is 1. The van der Waals surface area contributed by atoms with Crippen molar-refractivity contribution in [3.63, 3.8) is 0 Å². The van der Waals surface area contributed by atoms with Crippen LogP contribution in [0.5, 0.6) is 0 Å². The molecule has 2 heterocycles. The summed E-state index contributed by atoms with van der Waals surface area (Å²) in [6, 6.07) is 12.9. The average Bonchev–Trinajstić information content (AvgIpc) is 3.10. The summed E-state index contributed by atoms with van der Waals surface area (Å²) in [7, 11) is 0. The molecule has 0 aliphatic carbocycles. The zero-order valence-electron chi connectivity index (χ0n) is 14.9. The molecule has 1 amide bonds. The summed E-state index contributed by atoms with van der Waals surface area (Å²) in [5.41, 5.74) is -0.722. The van der Waals surface area contributed by atoms with Crippen molar-refractivity contribution in [2.75, 3.05) is 12.4 Å².